The number of carbonyl (C=O) groups is 2. The molecule has 0 unspecified atom stereocenters. The Hall–Kier alpha value is -3.31. The summed E-state index contributed by atoms with van der Waals surface area (Å²) in [5.41, 5.74) is 0.554. The van der Waals surface area contributed by atoms with Crippen LogP contribution in [0.2, 0.25) is 5.02 Å². The molecule has 0 radical (unpaired) electrons. The minimum atomic E-state index is -0.645. The molecule has 5 nitrogen and oxygen atoms in total. The standard InChI is InChI=1S/C21H15ClO5/c1-25-15-12-10-14(11-13-15)20(23)26-18-8-4-5-9-19(18)27-21(24)16-6-2-3-7-17(16)22/h2-13H,1H3. The van der Waals surface area contributed by atoms with Gasteiger partial charge in [0.2, 0.25) is 0 Å². The van der Waals surface area contributed by atoms with Gasteiger partial charge in [-0.2, -0.15) is 0 Å². The van der Waals surface area contributed by atoms with Crippen molar-refractivity contribution in [1.82, 2.24) is 0 Å². The maximum atomic E-state index is 12.4. The molecule has 0 saturated carbocycles. The first-order valence-electron chi connectivity index (χ1n) is 8.00. The third-order valence-corrected chi connectivity index (χ3v) is 4.00. The number of para-hydroxylation sites is 2. The topological polar surface area (TPSA) is 61.8 Å². The number of hydrogen-bond donors (Lipinski definition) is 0. The fraction of sp³-hybridized carbons (Fsp3) is 0.0476. The molecule has 0 amide bonds. The molecule has 0 spiro atoms. The predicted molar refractivity (Wildman–Crippen MR) is 101 cm³/mol. The first-order chi connectivity index (χ1) is 13.1. The molecule has 0 bridgehead atoms. The molecule has 136 valence electrons. The largest absolute Gasteiger partial charge is 0.497 e. The van der Waals surface area contributed by atoms with Crippen molar-refractivity contribution in [3.63, 3.8) is 0 Å². The number of benzene rings is 3. The van der Waals surface area contributed by atoms with E-state index in [1.54, 1.807) is 60.7 Å². The number of halogens is 1. The van der Waals surface area contributed by atoms with Crippen molar-refractivity contribution in [2.45, 2.75) is 0 Å². The van der Waals surface area contributed by atoms with Gasteiger partial charge in [-0.05, 0) is 48.5 Å². The molecule has 6 heteroatoms. The smallest absolute Gasteiger partial charge is 0.345 e. The second-order valence-corrected chi connectivity index (χ2v) is 5.84. The van der Waals surface area contributed by atoms with E-state index in [0.717, 1.165) is 0 Å². The van der Waals surface area contributed by atoms with Crippen molar-refractivity contribution in [3.05, 3.63) is 88.9 Å². The molecule has 0 saturated heterocycles. The number of ether oxygens (including phenoxy) is 3. The molecule has 0 aromatic heterocycles. The van der Waals surface area contributed by atoms with E-state index in [0.29, 0.717) is 11.3 Å². The second kappa shape index (κ2) is 8.38. The van der Waals surface area contributed by atoms with Crippen LogP contribution in [0.25, 0.3) is 0 Å². The summed E-state index contributed by atoms with van der Waals surface area (Å²) in [6.45, 7) is 0. The first kappa shape index (κ1) is 18.5. The van der Waals surface area contributed by atoms with Gasteiger partial charge in [-0.15, -0.1) is 0 Å². The monoisotopic (exact) mass is 382 g/mol. The van der Waals surface area contributed by atoms with Crippen molar-refractivity contribution < 1.29 is 23.8 Å². The fourth-order valence-corrected chi connectivity index (χ4v) is 2.50. The van der Waals surface area contributed by atoms with E-state index >= 15 is 0 Å². The van der Waals surface area contributed by atoms with Gasteiger partial charge in [-0.1, -0.05) is 35.9 Å². The number of rotatable bonds is 5. The highest BCUT2D eigenvalue weighted by Gasteiger charge is 2.17. The van der Waals surface area contributed by atoms with Gasteiger partial charge in [-0.25, -0.2) is 9.59 Å². The van der Waals surface area contributed by atoms with Crippen LogP contribution in [-0.4, -0.2) is 19.0 Å². The number of carbonyl (C=O) groups excluding carboxylic acids is 2. The highest BCUT2D eigenvalue weighted by atomic mass is 35.5. The van der Waals surface area contributed by atoms with Crippen LogP contribution < -0.4 is 14.2 Å². The first-order valence-corrected chi connectivity index (χ1v) is 8.38. The lowest BCUT2D eigenvalue weighted by Gasteiger charge is -2.11. The van der Waals surface area contributed by atoms with Crippen LogP contribution in [0.5, 0.6) is 17.2 Å². The molecule has 0 fully saturated rings. The van der Waals surface area contributed by atoms with Gasteiger partial charge in [0.05, 0.1) is 23.3 Å². The van der Waals surface area contributed by atoms with Crippen LogP contribution in [0.1, 0.15) is 20.7 Å². The molecule has 3 aromatic rings. The molecular formula is C21H15ClO5. The maximum Gasteiger partial charge on any atom is 0.345 e. The van der Waals surface area contributed by atoms with Gasteiger partial charge in [0.1, 0.15) is 5.75 Å². The molecule has 0 aliphatic heterocycles. The molecule has 3 aromatic carbocycles. The normalized spacial score (nSPS) is 10.1. The van der Waals surface area contributed by atoms with Gasteiger partial charge in [0.25, 0.3) is 0 Å². The minimum absolute atomic E-state index is 0.115. The molecule has 0 atom stereocenters. The zero-order valence-corrected chi connectivity index (χ0v) is 15.1. The lowest BCUT2D eigenvalue weighted by Crippen LogP contribution is -2.12. The zero-order valence-electron chi connectivity index (χ0n) is 14.3. The average Bonchev–Trinajstić information content (AvgIpc) is 2.69. The molecule has 0 N–H and O–H groups in total. The Kier molecular flexibility index (Phi) is 5.74. The maximum absolute atomic E-state index is 12.4. The third kappa shape index (κ3) is 4.46. The Balaban J connectivity index is 1.78. The SMILES string of the molecule is COc1ccc(C(=O)Oc2ccccc2OC(=O)c2ccccc2Cl)cc1. The van der Waals surface area contributed by atoms with E-state index < -0.39 is 11.9 Å². The summed E-state index contributed by atoms with van der Waals surface area (Å²) in [7, 11) is 1.54. The summed E-state index contributed by atoms with van der Waals surface area (Å²) in [5.74, 6) is -0.365. The number of hydrogen-bond acceptors (Lipinski definition) is 5. The van der Waals surface area contributed by atoms with Crippen molar-refractivity contribution in [3.8, 4) is 17.2 Å². The van der Waals surface area contributed by atoms with E-state index in [2.05, 4.69) is 0 Å². The highest BCUT2D eigenvalue weighted by Crippen LogP contribution is 2.29. The average molecular weight is 383 g/mol. The summed E-state index contributed by atoms with van der Waals surface area (Å²) in [6.07, 6.45) is 0. The van der Waals surface area contributed by atoms with E-state index in [1.165, 1.54) is 19.2 Å². The van der Waals surface area contributed by atoms with Crippen molar-refractivity contribution in [1.29, 1.82) is 0 Å². The van der Waals surface area contributed by atoms with Crippen LogP contribution in [0.4, 0.5) is 0 Å². The highest BCUT2D eigenvalue weighted by molar-refractivity contribution is 6.33. The molecule has 0 aliphatic carbocycles. The van der Waals surface area contributed by atoms with Crippen LogP contribution in [0, 0.1) is 0 Å². The van der Waals surface area contributed by atoms with Crippen LogP contribution in [0.3, 0.4) is 0 Å². The van der Waals surface area contributed by atoms with E-state index in [1.807, 2.05) is 0 Å². The molecule has 3 rings (SSSR count). The van der Waals surface area contributed by atoms with Crippen LogP contribution in [-0.2, 0) is 0 Å². The minimum Gasteiger partial charge on any atom is -0.497 e. The Morgan fingerprint density at radius 3 is 1.89 bits per heavy atom. The van der Waals surface area contributed by atoms with Crippen LogP contribution in [0.15, 0.2) is 72.8 Å². The molecule has 0 aliphatic rings. The lowest BCUT2D eigenvalue weighted by molar-refractivity contribution is 0.0682. The van der Waals surface area contributed by atoms with Crippen molar-refractivity contribution >= 4 is 23.5 Å². The lowest BCUT2D eigenvalue weighted by atomic mass is 10.2. The van der Waals surface area contributed by atoms with Gasteiger partial charge < -0.3 is 14.2 Å². The summed E-state index contributed by atoms with van der Waals surface area (Å²) in [4.78, 5) is 24.7. The second-order valence-electron chi connectivity index (χ2n) is 5.43. The Morgan fingerprint density at radius 1 is 0.741 bits per heavy atom. The Bertz CT molecular complexity index is 966. The Labute approximate surface area is 161 Å². The molecule has 0 heterocycles. The summed E-state index contributed by atoms with van der Waals surface area (Å²) >= 11 is 6.02. The van der Waals surface area contributed by atoms with Crippen molar-refractivity contribution in [2.24, 2.45) is 0 Å². The Morgan fingerprint density at radius 2 is 1.30 bits per heavy atom. The van der Waals surface area contributed by atoms with E-state index in [4.69, 9.17) is 25.8 Å². The number of methoxy groups -OCH3 is 1. The summed E-state index contributed by atoms with van der Waals surface area (Å²) < 4.78 is 15.8. The van der Waals surface area contributed by atoms with E-state index in [9.17, 15) is 9.59 Å². The predicted octanol–water partition coefficient (Wildman–Crippen LogP) is 4.79. The van der Waals surface area contributed by atoms with E-state index in [-0.39, 0.29) is 22.1 Å². The summed E-state index contributed by atoms with van der Waals surface area (Å²) in [5, 5.41) is 0.273. The van der Waals surface area contributed by atoms with Crippen LogP contribution >= 0.6 is 11.6 Å². The van der Waals surface area contributed by atoms with Gasteiger partial charge in [0.15, 0.2) is 11.5 Å². The third-order valence-electron chi connectivity index (χ3n) is 3.67. The number of esters is 2. The fourth-order valence-electron chi connectivity index (χ4n) is 2.29. The quantitative estimate of drug-likeness (QED) is 0.469. The molecular weight excluding hydrogens is 368 g/mol. The molecule has 27 heavy (non-hydrogen) atoms. The van der Waals surface area contributed by atoms with Gasteiger partial charge in [0, 0.05) is 0 Å². The van der Waals surface area contributed by atoms with Gasteiger partial charge >= 0.3 is 11.9 Å². The zero-order chi connectivity index (χ0) is 19.2. The summed E-state index contributed by atoms with van der Waals surface area (Å²) in [6, 6.07) is 19.4. The van der Waals surface area contributed by atoms with Gasteiger partial charge in [-0.3, -0.25) is 0 Å². The van der Waals surface area contributed by atoms with Crippen molar-refractivity contribution in [2.75, 3.05) is 7.11 Å².